The Morgan fingerprint density at radius 3 is 1.12 bits per heavy atom. The van der Waals surface area contributed by atoms with Crippen LogP contribution >= 0.6 is 0 Å². The molecule has 0 fully saturated rings. The van der Waals surface area contributed by atoms with E-state index in [1.54, 1.807) is 0 Å². The van der Waals surface area contributed by atoms with Crippen LogP contribution in [-0.4, -0.2) is 13.1 Å². The Hall–Kier alpha value is -6.12. The summed E-state index contributed by atoms with van der Waals surface area (Å²) in [6.07, 6.45) is 13.5. The average Bonchev–Trinajstić information content (AvgIpc) is 3.24. The molecule has 0 N–H and O–H groups in total. The van der Waals surface area contributed by atoms with E-state index >= 15 is 0 Å². The quantitative estimate of drug-likeness (QED) is 0.108. The van der Waals surface area contributed by atoms with Crippen molar-refractivity contribution >= 4 is 33.9 Å². The molecule has 0 aliphatic carbocycles. The molecule has 0 aliphatic heterocycles. The highest BCUT2D eigenvalue weighted by molar-refractivity contribution is 5.81. The second-order valence-corrected chi connectivity index (χ2v) is 16.9. The molecule has 0 atom stereocenters. The predicted molar refractivity (Wildman–Crippen MR) is 255 cm³/mol. The molecule has 0 heterocycles. The molecule has 0 radical (unpaired) electrons. The first-order chi connectivity index (χ1) is 27.9. The maximum Gasteiger partial charge on any atom is 0.0440 e. The Bertz CT molecular complexity index is 2180. The minimum atomic E-state index is 0.0596. The molecule has 294 valence electrons. The summed E-state index contributed by atoms with van der Waals surface area (Å²) in [7, 11) is 0. The van der Waals surface area contributed by atoms with Gasteiger partial charge in [0.1, 0.15) is 0 Å². The van der Waals surface area contributed by atoms with Crippen LogP contribution in [0.1, 0.15) is 77.6 Å². The summed E-state index contributed by atoms with van der Waals surface area (Å²) in [6.45, 7) is 19.3. The largest absolute Gasteiger partial charge is 0.338 e. The van der Waals surface area contributed by atoms with Gasteiger partial charge in [-0.25, -0.2) is 0 Å². The van der Waals surface area contributed by atoms with Crippen LogP contribution in [0.5, 0.6) is 0 Å². The highest BCUT2D eigenvalue weighted by Gasteiger charge is 2.19. The van der Waals surface area contributed by atoms with Gasteiger partial charge in [-0.15, -0.1) is 0 Å². The van der Waals surface area contributed by atoms with Gasteiger partial charge in [-0.05, 0) is 112 Å². The molecule has 2 heteroatoms. The molecule has 0 amide bonds. The van der Waals surface area contributed by atoms with Crippen molar-refractivity contribution in [3.63, 3.8) is 0 Å². The SMILES string of the molecule is C/C=C(\C=C/CN(c1ccc(C(C)(C)C)cc1)c1cc(-c2ccccc2)cc(N(C/C=C\C(=C/C)c2ccccc2)c2ccc(C(C)(C)C)cc2)c1)c1ccccc1. The standard InChI is InChI=1S/C56H60N2/c1-9-43(45-22-14-11-15-23-45)28-20-38-57(51-34-30-49(31-35-51)55(3,4)5)53-40-48(47-26-18-13-19-27-47)41-54(42-53)58(52-36-32-50(33-37-52)56(6,7)8)39-21-29-44(10-2)46-24-16-12-17-25-46/h9-37,40-42H,38-39H2,1-8H3/b28-20-,29-21-,43-9+,44-10+. The van der Waals surface area contributed by atoms with Crippen molar-refractivity contribution < 1.29 is 0 Å². The molecule has 6 rings (SSSR count). The fourth-order valence-corrected chi connectivity index (χ4v) is 7.26. The normalized spacial score (nSPS) is 12.7. The summed E-state index contributed by atoms with van der Waals surface area (Å²) in [5.41, 5.74) is 14.5. The smallest absolute Gasteiger partial charge is 0.0440 e. The van der Waals surface area contributed by atoms with E-state index in [9.17, 15) is 0 Å². The van der Waals surface area contributed by atoms with Crippen molar-refractivity contribution in [1.82, 2.24) is 0 Å². The Kier molecular flexibility index (Phi) is 13.5. The number of hydrogen-bond donors (Lipinski definition) is 0. The van der Waals surface area contributed by atoms with Gasteiger partial charge in [0, 0.05) is 35.8 Å². The zero-order chi connectivity index (χ0) is 41.1. The van der Waals surface area contributed by atoms with Gasteiger partial charge >= 0.3 is 0 Å². The number of rotatable bonds is 13. The minimum absolute atomic E-state index is 0.0596. The molecule has 0 saturated carbocycles. The van der Waals surface area contributed by atoms with E-state index < -0.39 is 0 Å². The third-order valence-corrected chi connectivity index (χ3v) is 10.7. The highest BCUT2D eigenvalue weighted by Crippen LogP contribution is 2.38. The maximum atomic E-state index is 2.45. The van der Waals surface area contributed by atoms with Gasteiger partial charge in [-0.3, -0.25) is 0 Å². The zero-order valence-corrected chi connectivity index (χ0v) is 35.8. The molecule has 0 aromatic heterocycles. The second kappa shape index (κ2) is 18.9. The predicted octanol–water partition coefficient (Wildman–Crippen LogP) is 15.5. The lowest BCUT2D eigenvalue weighted by Crippen LogP contribution is -2.21. The number of benzene rings is 6. The number of anilines is 4. The molecule has 58 heavy (non-hydrogen) atoms. The first kappa shape index (κ1) is 41.5. The van der Waals surface area contributed by atoms with Crippen LogP contribution in [0, 0.1) is 0 Å². The fraction of sp³-hybridized carbons (Fsp3) is 0.214. The number of nitrogens with zero attached hydrogens (tertiary/aromatic N) is 2. The molecule has 2 nitrogen and oxygen atoms in total. The van der Waals surface area contributed by atoms with E-state index in [0.29, 0.717) is 13.1 Å². The second-order valence-electron chi connectivity index (χ2n) is 16.9. The lowest BCUT2D eigenvalue weighted by atomic mass is 9.87. The zero-order valence-electron chi connectivity index (χ0n) is 35.8. The van der Waals surface area contributed by atoms with E-state index in [1.165, 1.54) is 44.5 Å². The van der Waals surface area contributed by atoms with E-state index in [1.807, 2.05) is 0 Å². The van der Waals surface area contributed by atoms with Crippen LogP contribution < -0.4 is 9.80 Å². The van der Waals surface area contributed by atoms with Crippen molar-refractivity contribution in [3.8, 4) is 11.1 Å². The van der Waals surface area contributed by atoms with Gasteiger partial charge in [0.15, 0.2) is 0 Å². The summed E-state index contributed by atoms with van der Waals surface area (Å²) in [4.78, 5) is 4.89. The van der Waals surface area contributed by atoms with E-state index in [4.69, 9.17) is 0 Å². The third-order valence-electron chi connectivity index (χ3n) is 10.7. The van der Waals surface area contributed by atoms with Crippen LogP contribution in [0.3, 0.4) is 0 Å². The third kappa shape index (κ3) is 10.6. The van der Waals surface area contributed by atoms with E-state index in [2.05, 4.69) is 259 Å². The molecular weight excluding hydrogens is 701 g/mol. The minimum Gasteiger partial charge on any atom is -0.338 e. The van der Waals surface area contributed by atoms with Crippen LogP contribution in [0.25, 0.3) is 22.3 Å². The molecule has 0 saturated heterocycles. The Morgan fingerprint density at radius 1 is 0.414 bits per heavy atom. The fourth-order valence-electron chi connectivity index (χ4n) is 7.26. The van der Waals surface area contributed by atoms with Crippen LogP contribution in [0.2, 0.25) is 0 Å². The summed E-state index contributed by atoms with van der Waals surface area (Å²) < 4.78 is 0. The number of hydrogen-bond acceptors (Lipinski definition) is 2. The molecular formula is C56H60N2. The van der Waals surface area contributed by atoms with Gasteiger partial charge < -0.3 is 9.80 Å². The molecule has 0 aliphatic rings. The first-order valence-corrected chi connectivity index (χ1v) is 20.7. The van der Waals surface area contributed by atoms with E-state index in [0.717, 1.165) is 22.7 Å². The molecule has 0 spiro atoms. The molecule has 6 aromatic rings. The highest BCUT2D eigenvalue weighted by atomic mass is 15.2. The molecule has 0 bridgehead atoms. The Morgan fingerprint density at radius 2 is 0.776 bits per heavy atom. The van der Waals surface area contributed by atoms with Crippen LogP contribution in [-0.2, 0) is 10.8 Å². The summed E-state index contributed by atoms with van der Waals surface area (Å²) >= 11 is 0. The van der Waals surface area contributed by atoms with Gasteiger partial charge in [0.25, 0.3) is 0 Å². The van der Waals surface area contributed by atoms with Crippen molar-refractivity contribution in [2.75, 3.05) is 22.9 Å². The van der Waals surface area contributed by atoms with Gasteiger partial charge in [-0.2, -0.15) is 0 Å². The topological polar surface area (TPSA) is 6.48 Å². The summed E-state index contributed by atoms with van der Waals surface area (Å²) in [6, 6.07) is 57.4. The number of allylic oxidation sites excluding steroid dienone is 6. The van der Waals surface area contributed by atoms with Crippen molar-refractivity contribution in [3.05, 3.63) is 216 Å². The van der Waals surface area contributed by atoms with Crippen molar-refractivity contribution in [2.24, 2.45) is 0 Å². The monoisotopic (exact) mass is 760 g/mol. The Labute approximate surface area is 349 Å². The molecule has 6 aromatic carbocycles. The summed E-state index contributed by atoms with van der Waals surface area (Å²) in [5, 5.41) is 0. The van der Waals surface area contributed by atoms with Crippen LogP contribution in [0.15, 0.2) is 194 Å². The van der Waals surface area contributed by atoms with Crippen molar-refractivity contribution in [2.45, 2.75) is 66.2 Å². The summed E-state index contributed by atoms with van der Waals surface area (Å²) in [5.74, 6) is 0. The average molecular weight is 761 g/mol. The van der Waals surface area contributed by atoms with Gasteiger partial charge in [-0.1, -0.05) is 193 Å². The lowest BCUT2D eigenvalue weighted by molar-refractivity contribution is 0.590. The van der Waals surface area contributed by atoms with E-state index in [-0.39, 0.29) is 10.8 Å². The van der Waals surface area contributed by atoms with Gasteiger partial charge in [0.05, 0.1) is 0 Å². The van der Waals surface area contributed by atoms with Crippen molar-refractivity contribution in [1.29, 1.82) is 0 Å². The van der Waals surface area contributed by atoms with Crippen LogP contribution in [0.4, 0.5) is 22.7 Å². The van der Waals surface area contributed by atoms with Gasteiger partial charge in [0.2, 0.25) is 0 Å². The molecule has 0 unspecified atom stereocenters. The first-order valence-electron chi connectivity index (χ1n) is 20.7. The lowest BCUT2D eigenvalue weighted by Gasteiger charge is -2.30. The maximum absolute atomic E-state index is 2.45. The Balaban J connectivity index is 1.49.